The summed E-state index contributed by atoms with van der Waals surface area (Å²) < 4.78 is 13.0. The fraction of sp³-hybridized carbons (Fsp3) is 0.550. The van der Waals surface area contributed by atoms with E-state index in [-0.39, 0.29) is 5.82 Å². The molecule has 4 heteroatoms. The molecule has 0 radical (unpaired) electrons. The molecule has 1 aromatic rings. The highest BCUT2D eigenvalue weighted by atomic mass is 32.2. The van der Waals surface area contributed by atoms with Crippen molar-refractivity contribution in [3.63, 3.8) is 0 Å². The number of hydrogen-bond donors (Lipinski definition) is 0. The minimum Gasteiger partial charge on any atom is -0.350 e. The van der Waals surface area contributed by atoms with Crippen LogP contribution in [-0.2, 0) is 6.42 Å². The number of aliphatic imine (C=N–C) groups is 1. The van der Waals surface area contributed by atoms with Crippen LogP contribution in [0.4, 0.5) is 4.39 Å². The molecule has 0 bridgehead atoms. The monoisotopic (exact) mass is 348 g/mol. The number of halogens is 1. The summed E-state index contributed by atoms with van der Waals surface area (Å²) >= 11 is 1.69. The van der Waals surface area contributed by atoms with Gasteiger partial charge in [0.1, 0.15) is 5.82 Å². The number of benzene rings is 1. The third kappa shape index (κ3) is 4.85. The molecule has 0 N–H and O–H groups in total. The van der Waals surface area contributed by atoms with Gasteiger partial charge >= 0.3 is 0 Å². The SMILES string of the molecule is C=C(Cc1ccc(F)cc1)/N=C(\SC)N1CC(CCC)(CCC)C1. The first-order valence-corrected chi connectivity index (χ1v) is 10.0. The van der Waals surface area contributed by atoms with Crippen molar-refractivity contribution in [2.45, 2.75) is 46.0 Å². The molecule has 0 atom stereocenters. The quantitative estimate of drug-likeness (QED) is 0.477. The molecule has 1 fully saturated rings. The van der Waals surface area contributed by atoms with Crippen molar-refractivity contribution in [1.29, 1.82) is 0 Å². The summed E-state index contributed by atoms with van der Waals surface area (Å²) in [6.07, 6.45) is 7.83. The highest BCUT2D eigenvalue weighted by Crippen LogP contribution is 2.40. The van der Waals surface area contributed by atoms with E-state index < -0.39 is 0 Å². The lowest BCUT2D eigenvalue weighted by atomic mass is 9.73. The van der Waals surface area contributed by atoms with Crippen molar-refractivity contribution in [3.8, 4) is 0 Å². The zero-order valence-electron chi connectivity index (χ0n) is 15.1. The van der Waals surface area contributed by atoms with E-state index in [9.17, 15) is 4.39 Å². The van der Waals surface area contributed by atoms with Gasteiger partial charge in [0, 0.05) is 30.6 Å². The third-order valence-corrected chi connectivity index (χ3v) is 5.36. The molecule has 0 spiro atoms. The summed E-state index contributed by atoms with van der Waals surface area (Å²) in [7, 11) is 0. The molecule has 0 aromatic heterocycles. The Balaban J connectivity index is 1.97. The van der Waals surface area contributed by atoms with Gasteiger partial charge in [0.2, 0.25) is 0 Å². The molecule has 1 saturated heterocycles. The number of hydrogen-bond acceptors (Lipinski definition) is 2. The Morgan fingerprint density at radius 1 is 1.21 bits per heavy atom. The zero-order valence-corrected chi connectivity index (χ0v) is 16.0. The van der Waals surface area contributed by atoms with Gasteiger partial charge in [0.25, 0.3) is 0 Å². The molecular weight excluding hydrogens is 319 g/mol. The van der Waals surface area contributed by atoms with Crippen molar-refractivity contribution in [2.24, 2.45) is 10.4 Å². The van der Waals surface area contributed by atoms with Gasteiger partial charge in [-0.1, -0.05) is 57.2 Å². The first-order valence-electron chi connectivity index (χ1n) is 8.82. The number of amidine groups is 1. The second kappa shape index (κ2) is 8.70. The Labute approximate surface area is 150 Å². The molecule has 1 aromatic carbocycles. The fourth-order valence-corrected chi connectivity index (χ4v) is 4.27. The largest absolute Gasteiger partial charge is 0.350 e. The predicted molar refractivity (Wildman–Crippen MR) is 104 cm³/mol. The van der Waals surface area contributed by atoms with Crippen LogP contribution in [0, 0.1) is 11.2 Å². The van der Waals surface area contributed by atoms with Crippen molar-refractivity contribution in [3.05, 3.63) is 47.9 Å². The van der Waals surface area contributed by atoms with E-state index in [0.717, 1.165) is 29.5 Å². The van der Waals surface area contributed by atoms with Crippen LogP contribution in [0.25, 0.3) is 0 Å². The lowest BCUT2D eigenvalue weighted by molar-refractivity contribution is 0.0414. The number of thioether (sulfide) groups is 1. The van der Waals surface area contributed by atoms with Crippen LogP contribution < -0.4 is 0 Å². The van der Waals surface area contributed by atoms with Crippen LogP contribution in [0.3, 0.4) is 0 Å². The highest BCUT2D eigenvalue weighted by Gasteiger charge is 2.42. The van der Waals surface area contributed by atoms with Gasteiger partial charge in [-0.15, -0.1) is 0 Å². The van der Waals surface area contributed by atoms with E-state index in [0.29, 0.717) is 11.8 Å². The summed E-state index contributed by atoms with van der Waals surface area (Å²) in [4.78, 5) is 7.12. The Bertz CT molecular complexity index is 566. The average molecular weight is 349 g/mol. The molecule has 132 valence electrons. The summed E-state index contributed by atoms with van der Waals surface area (Å²) in [5.74, 6) is -0.207. The normalized spacial score (nSPS) is 16.8. The van der Waals surface area contributed by atoms with E-state index in [4.69, 9.17) is 4.99 Å². The van der Waals surface area contributed by atoms with E-state index in [2.05, 4.69) is 31.6 Å². The van der Waals surface area contributed by atoms with Crippen LogP contribution in [0.1, 0.15) is 45.1 Å². The Kier molecular flexibility index (Phi) is 6.90. The average Bonchev–Trinajstić information content (AvgIpc) is 2.52. The maximum absolute atomic E-state index is 13.0. The molecule has 1 heterocycles. The van der Waals surface area contributed by atoms with Gasteiger partial charge in [-0.3, -0.25) is 0 Å². The molecule has 0 aliphatic carbocycles. The van der Waals surface area contributed by atoms with Crippen LogP contribution in [0.5, 0.6) is 0 Å². The van der Waals surface area contributed by atoms with Crippen LogP contribution in [0.15, 0.2) is 41.5 Å². The highest BCUT2D eigenvalue weighted by molar-refractivity contribution is 8.13. The van der Waals surface area contributed by atoms with Gasteiger partial charge in [-0.2, -0.15) is 0 Å². The van der Waals surface area contributed by atoms with Crippen molar-refractivity contribution < 1.29 is 4.39 Å². The van der Waals surface area contributed by atoms with Gasteiger partial charge in [0.05, 0.1) is 0 Å². The summed E-state index contributed by atoms with van der Waals surface area (Å²) in [5, 5.41) is 1.06. The Morgan fingerprint density at radius 3 is 2.29 bits per heavy atom. The molecule has 2 nitrogen and oxygen atoms in total. The smallest absolute Gasteiger partial charge is 0.163 e. The molecule has 24 heavy (non-hydrogen) atoms. The van der Waals surface area contributed by atoms with Crippen LogP contribution >= 0.6 is 11.8 Å². The van der Waals surface area contributed by atoms with Crippen LogP contribution in [0.2, 0.25) is 0 Å². The Hall–Kier alpha value is -1.29. The van der Waals surface area contributed by atoms with Gasteiger partial charge in [0.15, 0.2) is 5.17 Å². The molecule has 2 rings (SSSR count). The first kappa shape index (κ1) is 19.0. The maximum atomic E-state index is 13.0. The van der Waals surface area contributed by atoms with Gasteiger partial charge in [-0.25, -0.2) is 9.38 Å². The molecule has 1 aliphatic heterocycles. The standard InChI is InChI=1S/C20H29FN2S/c1-5-11-20(12-6-2)14-23(15-20)19(24-4)22-16(3)13-17-7-9-18(21)10-8-17/h7-10H,3,5-6,11-15H2,1-2,4H3/b22-19-. The summed E-state index contributed by atoms with van der Waals surface area (Å²) in [6, 6.07) is 6.57. The van der Waals surface area contributed by atoms with Crippen molar-refractivity contribution >= 4 is 16.9 Å². The van der Waals surface area contributed by atoms with Gasteiger partial charge < -0.3 is 4.90 Å². The van der Waals surface area contributed by atoms with E-state index in [1.54, 1.807) is 23.9 Å². The number of likely N-dealkylation sites (tertiary alicyclic amines) is 1. The minimum atomic E-state index is -0.207. The van der Waals surface area contributed by atoms with Crippen molar-refractivity contribution in [1.82, 2.24) is 4.90 Å². The lowest BCUT2D eigenvalue weighted by Crippen LogP contribution is -2.57. The topological polar surface area (TPSA) is 15.6 Å². The predicted octanol–water partition coefficient (Wildman–Crippen LogP) is 5.50. The number of allylic oxidation sites excluding steroid dienone is 1. The number of rotatable bonds is 7. The zero-order chi connectivity index (χ0) is 17.6. The molecule has 1 aliphatic rings. The minimum absolute atomic E-state index is 0.207. The van der Waals surface area contributed by atoms with E-state index in [1.165, 1.54) is 37.8 Å². The lowest BCUT2D eigenvalue weighted by Gasteiger charge is -2.51. The summed E-state index contributed by atoms with van der Waals surface area (Å²) in [5.41, 5.74) is 2.35. The molecular formula is C20H29FN2S. The van der Waals surface area contributed by atoms with E-state index in [1.807, 2.05) is 0 Å². The van der Waals surface area contributed by atoms with Crippen LogP contribution in [-0.4, -0.2) is 29.4 Å². The number of nitrogens with zero attached hydrogens (tertiary/aromatic N) is 2. The second-order valence-electron chi connectivity index (χ2n) is 6.82. The maximum Gasteiger partial charge on any atom is 0.163 e. The Morgan fingerprint density at radius 2 is 1.79 bits per heavy atom. The molecule has 0 saturated carbocycles. The third-order valence-electron chi connectivity index (χ3n) is 4.64. The van der Waals surface area contributed by atoms with Gasteiger partial charge in [-0.05, 0) is 36.8 Å². The van der Waals surface area contributed by atoms with E-state index >= 15 is 0 Å². The molecule has 0 amide bonds. The van der Waals surface area contributed by atoms with Crippen molar-refractivity contribution in [2.75, 3.05) is 19.3 Å². The summed E-state index contributed by atoms with van der Waals surface area (Å²) in [6.45, 7) is 10.9. The fourth-order valence-electron chi connectivity index (χ4n) is 3.66. The first-order chi connectivity index (χ1) is 11.5. The molecule has 0 unspecified atom stereocenters. The second-order valence-corrected chi connectivity index (χ2v) is 7.60.